The van der Waals surface area contributed by atoms with Crippen LogP contribution in [0.15, 0.2) is 36.9 Å². The summed E-state index contributed by atoms with van der Waals surface area (Å²) in [5, 5.41) is 3.52. The van der Waals surface area contributed by atoms with Gasteiger partial charge in [0.1, 0.15) is 0 Å². The molecule has 18 heavy (non-hydrogen) atoms. The van der Waals surface area contributed by atoms with Gasteiger partial charge in [0.25, 0.3) is 0 Å². The predicted molar refractivity (Wildman–Crippen MR) is 72.3 cm³/mol. The minimum Gasteiger partial charge on any atom is -0.378 e. The Morgan fingerprint density at radius 3 is 3.00 bits per heavy atom. The van der Waals surface area contributed by atoms with Crippen molar-refractivity contribution in [2.45, 2.75) is 25.4 Å². The SMILES string of the molecule is C=CC1Nc2ccccc2C2[C@@H]1CCN2C(C)=O. The Morgan fingerprint density at radius 2 is 2.28 bits per heavy atom. The van der Waals surface area contributed by atoms with E-state index in [1.807, 2.05) is 23.1 Å². The fourth-order valence-corrected chi connectivity index (χ4v) is 3.35. The Morgan fingerprint density at radius 1 is 1.50 bits per heavy atom. The van der Waals surface area contributed by atoms with E-state index >= 15 is 0 Å². The maximum atomic E-state index is 11.8. The van der Waals surface area contributed by atoms with Gasteiger partial charge in [-0.15, -0.1) is 6.58 Å². The summed E-state index contributed by atoms with van der Waals surface area (Å²) in [6.07, 6.45) is 3.01. The molecule has 3 nitrogen and oxygen atoms in total. The molecule has 0 spiro atoms. The van der Waals surface area contributed by atoms with Crippen LogP contribution < -0.4 is 5.32 Å². The molecule has 94 valence electrons. The molecule has 0 aromatic heterocycles. The normalized spacial score (nSPS) is 29.2. The monoisotopic (exact) mass is 242 g/mol. The van der Waals surface area contributed by atoms with Gasteiger partial charge in [0, 0.05) is 31.1 Å². The fraction of sp³-hybridized carbons (Fsp3) is 0.400. The third-order valence-electron chi connectivity index (χ3n) is 4.17. The number of anilines is 1. The molecular formula is C15H18N2O. The highest BCUT2D eigenvalue weighted by atomic mass is 16.2. The Labute approximate surface area is 107 Å². The highest BCUT2D eigenvalue weighted by Crippen LogP contribution is 2.46. The Bertz CT molecular complexity index is 497. The van der Waals surface area contributed by atoms with Crippen molar-refractivity contribution in [1.29, 1.82) is 0 Å². The maximum absolute atomic E-state index is 11.8. The Hall–Kier alpha value is -1.77. The van der Waals surface area contributed by atoms with E-state index < -0.39 is 0 Å². The number of carbonyl (C=O) groups excluding carboxylic acids is 1. The summed E-state index contributed by atoms with van der Waals surface area (Å²) in [5.74, 6) is 0.614. The van der Waals surface area contributed by atoms with Crippen LogP contribution in [0.25, 0.3) is 0 Å². The summed E-state index contributed by atoms with van der Waals surface area (Å²) < 4.78 is 0. The van der Waals surface area contributed by atoms with Crippen LogP contribution in [0.5, 0.6) is 0 Å². The lowest BCUT2D eigenvalue weighted by Crippen LogP contribution is -2.39. The minimum absolute atomic E-state index is 0.169. The Kier molecular flexibility index (Phi) is 2.62. The van der Waals surface area contributed by atoms with Gasteiger partial charge in [0.2, 0.25) is 5.91 Å². The van der Waals surface area contributed by atoms with Crippen LogP contribution in [0.2, 0.25) is 0 Å². The van der Waals surface area contributed by atoms with E-state index in [9.17, 15) is 4.79 Å². The number of para-hydroxylation sites is 1. The molecule has 1 amide bonds. The van der Waals surface area contributed by atoms with E-state index in [-0.39, 0.29) is 18.0 Å². The summed E-state index contributed by atoms with van der Waals surface area (Å²) in [7, 11) is 0. The van der Waals surface area contributed by atoms with Crippen LogP contribution in [0, 0.1) is 5.92 Å². The van der Waals surface area contributed by atoms with Gasteiger partial charge in [0.05, 0.1) is 6.04 Å². The zero-order valence-corrected chi connectivity index (χ0v) is 10.6. The average Bonchev–Trinajstić information content (AvgIpc) is 2.83. The van der Waals surface area contributed by atoms with Gasteiger partial charge in [-0.2, -0.15) is 0 Å². The number of carbonyl (C=O) groups is 1. The average molecular weight is 242 g/mol. The molecule has 3 heteroatoms. The van der Waals surface area contributed by atoms with Gasteiger partial charge >= 0.3 is 0 Å². The molecule has 0 saturated carbocycles. The van der Waals surface area contributed by atoms with Gasteiger partial charge in [0.15, 0.2) is 0 Å². The number of nitrogens with zero attached hydrogens (tertiary/aromatic N) is 1. The van der Waals surface area contributed by atoms with Crippen LogP contribution in [-0.2, 0) is 4.79 Å². The van der Waals surface area contributed by atoms with Crippen molar-refractivity contribution < 1.29 is 4.79 Å². The lowest BCUT2D eigenvalue weighted by Gasteiger charge is -2.38. The first-order valence-electron chi connectivity index (χ1n) is 6.47. The molecule has 0 aliphatic carbocycles. The smallest absolute Gasteiger partial charge is 0.219 e. The van der Waals surface area contributed by atoms with E-state index in [0.29, 0.717) is 5.92 Å². The Balaban J connectivity index is 2.08. The van der Waals surface area contributed by atoms with Gasteiger partial charge in [-0.05, 0) is 18.1 Å². The second-order valence-electron chi connectivity index (χ2n) is 5.10. The first kappa shape index (κ1) is 11.3. The number of hydrogen-bond donors (Lipinski definition) is 1. The number of fused-ring (bicyclic) bond motifs is 3. The van der Waals surface area contributed by atoms with Crippen LogP contribution in [0.1, 0.15) is 24.9 Å². The lowest BCUT2D eigenvalue weighted by atomic mass is 9.83. The second-order valence-corrected chi connectivity index (χ2v) is 5.10. The zero-order valence-electron chi connectivity index (χ0n) is 10.6. The molecule has 2 unspecified atom stereocenters. The molecule has 3 rings (SSSR count). The quantitative estimate of drug-likeness (QED) is 0.768. The first-order chi connectivity index (χ1) is 8.72. The van der Waals surface area contributed by atoms with Crippen molar-refractivity contribution in [2.24, 2.45) is 5.92 Å². The number of hydrogen-bond acceptors (Lipinski definition) is 2. The zero-order chi connectivity index (χ0) is 12.7. The van der Waals surface area contributed by atoms with Gasteiger partial charge in [-0.3, -0.25) is 4.79 Å². The fourth-order valence-electron chi connectivity index (χ4n) is 3.35. The van der Waals surface area contributed by atoms with E-state index in [0.717, 1.165) is 18.7 Å². The molecule has 2 heterocycles. The predicted octanol–water partition coefficient (Wildman–Crippen LogP) is 2.58. The van der Waals surface area contributed by atoms with Crippen molar-refractivity contribution in [2.75, 3.05) is 11.9 Å². The molecule has 1 N–H and O–H groups in total. The van der Waals surface area contributed by atoms with E-state index in [1.54, 1.807) is 6.92 Å². The lowest BCUT2D eigenvalue weighted by molar-refractivity contribution is -0.130. The highest BCUT2D eigenvalue weighted by Gasteiger charge is 2.43. The number of amides is 1. The van der Waals surface area contributed by atoms with Crippen molar-refractivity contribution >= 4 is 11.6 Å². The molecule has 1 aromatic carbocycles. The van der Waals surface area contributed by atoms with E-state index in [1.165, 1.54) is 5.56 Å². The minimum atomic E-state index is 0.169. The summed E-state index contributed by atoms with van der Waals surface area (Å²) in [5.41, 5.74) is 2.38. The molecule has 1 saturated heterocycles. The van der Waals surface area contributed by atoms with Crippen molar-refractivity contribution in [3.63, 3.8) is 0 Å². The van der Waals surface area contributed by atoms with Crippen molar-refractivity contribution in [1.82, 2.24) is 4.90 Å². The van der Waals surface area contributed by atoms with Crippen LogP contribution in [0.3, 0.4) is 0 Å². The van der Waals surface area contributed by atoms with Crippen molar-refractivity contribution in [3.05, 3.63) is 42.5 Å². The maximum Gasteiger partial charge on any atom is 0.219 e. The number of nitrogens with one attached hydrogen (secondary N) is 1. The number of benzene rings is 1. The standard InChI is InChI=1S/C15H18N2O/c1-3-13-12-8-9-17(10(2)18)15(12)11-6-4-5-7-14(11)16-13/h3-7,12-13,15-16H,1,8-9H2,2H3/t12-,13?,15?/m1/s1. The third-order valence-corrected chi connectivity index (χ3v) is 4.17. The third kappa shape index (κ3) is 1.54. The largest absolute Gasteiger partial charge is 0.378 e. The summed E-state index contributed by atoms with van der Waals surface area (Å²) in [4.78, 5) is 13.8. The summed E-state index contributed by atoms with van der Waals surface area (Å²) >= 11 is 0. The molecule has 0 bridgehead atoms. The van der Waals surface area contributed by atoms with Crippen molar-refractivity contribution in [3.8, 4) is 0 Å². The highest BCUT2D eigenvalue weighted by molar-refractivity contribution is 5.75. The number of rotatable bonds is 1. The second kappa shape index (κ2) is 4.16. The summed E-state index contributed by atoms with van der Waals surface area (Å²) in [6, 6.07) is 8.75. The topological polar surface area (TPSA) is 32.3 Å². The molecule has 2 aliphatic rings. The molecule has 0 radical (unpaired) electrons. The summed E-state index contributed by atoms with van der Waals surface area (Å²) in [6.45, 7) is 6.44. The van der Waals surface area contributed by atoms with Gasteiger partial charge in [-0.1, -0.05) is 24.3 Å². The molecule has 1 aromatic rings. The molecule has 2 aliphatic heterocycles. The van der Waals surface area contributed by atoms with Gasteiger partial charge < -0.3 is 10.2 Å². The van der Waals surface area contributed by atoms with E-state index in [4.69, 9.17) is 0 Å². The first-order valence-corrected chi connectivity index (χ1v) is 6.47. The van der Waals surface area contributed by atoms with Crippen LogP contribution in [0.4, 0.5) is 5.69 Å². The molecular weight excluding hydrogens is 224 g/mol. The van der Waals surface area contributed by atoms with Gasteiger partial charge in [-0.25, -0.2) is 0 Å². The number of likely N-dealkylation sites (tertiary alicyclic amines) is 1. The van der Waals surface area contributed by atoms with E-state index in [2.05, 4.69) is 24.0 Å². The van der Waals surface area contributed by atoms with Crippen LogP contribution in [-0.4, -0.2) is 23.4 Å². The molecule has 1 fully saturated rings. The van der Waals surface area contributed by atoms with Crippen LogP contribution >= 0.6 is 0 Å². The molecule has 3 atom stereocenters.